The molecule has 8 heteroatoms. The molecule has 3 aromatic carbocycles. The number of rotatable bonds is 5. The second-order valence-corrected chi connectivity index (χ2v) is 9.53. The Bertz CT molecular complexity index is 1050. The van der Waals surface area contributed by atoms with Gasteiger partial charge in [-0.15, -0.1) is 0 Å². The van der Waals surface area contributed by atoms with Crippen LogP contribution < -0.4 is 25.4 Å². The summed E-state index contributed by atoms with van der Waals surface area (Å²) in [6.45, 7) is 9.52. The van der Waals surface area contributed by atoms with Crippen LogP contribution in [0.25, 0.3) is 0 Å². The minimum absolute atomic E-state index is 0.335. The molecule has 0 bridgehead atoms. The van der Waals surface area contributed by atoms with Gasteiger partial charge in [0, 0.05) is 75.6 Å². The van der Waals surface area contributed by atoms with E-state index >= 15 is 0 Å². The van der Waals surface area contributed by atoms with Gasteiger partial charge in [-0.3, -0.25) is 4.90 Å². The number of ether oxygens (including phenoxy) is 3. The maximum Gasteiger partial charge on any atom is 0.123 e. The highest BCUT2D eigenvalue weighted by molar-refractivity contribution is 5.34. The molecule has 3 aromatic rings. The Balaban J connectivity index is 1.33. The third-order valence-corrected chi connectivity index (χ3v) is 6.67. The fourth-order valence-corrected chi connectivity index (χ4v) is 4.48. The van der Waals surface area contributed by atoms with Gasteiger partial charge in [-0.2, -0.15) is 0 Å². The van der Waals surface area contributed by atoms with Crippen molar-refractivity contribution in [3.05, 3.63) is 89.5 Å². The third-order valence-electron chi connectivity index (χ3n) is 6.67. The quantitative estimate of drug-likeness (QED) is 0.372. The summed E-state index contributed by atoms with van der Waals surface area (Å²) in [5, 5.41) is 20.7. The number of nitrogens with zero attached hydrogens (tertiary/aromatic N) is 1. The summed E-state index contributed by atoms with van der Waals surface area (Å²) in [5.74, 6) is 2.12. The van der Waals surface area contributed by atoms with Crippen LogP contribution in [0.2, 0.25) is 0 Å². The van der Waals surface area contributed by atoms with Crippen LogP contribution >= 0.6 is 0 Å². The predicted molar refractivity (Wildman–Crippen MR) is 154 cm³/mol. The first-order valence-corrected chi connectivity index (χ1v) is 13.9. The number of nitrogens with one attached hydrogen (secondary N) is 3. The van der Waals surface area contributed by atoms with Crippen LogP contribution in [0.4, 0.5) is 0 Å². The van der Waals surface area contributed by atoms with E-state index in [0.717, 1.165) is 80.5 Å². The van der Waals surface area contributed by atoms with Gasteiger partial charge in [0.15, 0.2) is 0 Å². The van der Waals surface area contributed by atoms with Crippen molar-refractivity contribution in [2.75, 3.05) is 65.7 Å². The molecular weight excluding hydrogens is 492 g/mol. The third kappa shape index (κ3) is 10.2. The van der Waals surface area contributed by atoms with Crippen LogP contribution in [0.15, 0.2) is 72.8 Å². The monoisotopic (exact) mass is 534 g/mol. The van der Waals surface area contributed by atoms with E-state index in [1.807, 2.05) is 54.6 Å². The van der Waals surface area contributed by atoms with Gasteiger partial charge >= 0.3 is 0 Å². The maximum absolute atomic E-state index is 10.0. The smallest absolute Gasteiger partial charge is 0.123 e. The van der Waals surface area contributed by atoms with E-state index in [-0.39, 0.29) is 0 Å². The largest absolute Gasteiger partial charge is 0.508 e. The minimum Gasteiger partial charge on any atom is -0.508 e. The number of hydrogen-bond acceptors (Lipinski definition) is 8. The molecule has 8 nitrogen and oxygen atoms in total. The van der Waals surface area contributed by atoms with Crippen molar-refractivity contribution in [2.24, 2.45) is 0 Å². The summed E-state index contributed by atoms with van der Waals surface area (Å²) in [5.41, 5.74) is 3.20. The number of phenolic OH excluding ortho intramolecular Hbond substituents is 1. The van der Waals surface area contributed by atoms with Crippen LogP contribution in [0.3, 0.4) is 0 Å². The average Bonchev–Trinajstić information content (AvgIpc) is 2.96. The van der Waals surface area contributed by atoms with E-state index in [1.165, 1.54) is 0 Å². The summed E-state index contributed by atoms with van der Waals surface area (Å²) in [7, 11) is 0. The summed E-state index contributed by atoms with van der Waals surface area (Å²) in [4.78, 5) is 2.46. The maximum atomic E-state index is 10.0. The Kier molecular flexibility index (Phi) is 12.4. The van der Waals surface area contributed by atoms with Crippen LogP contribution in [-0.4, -0.2) is 75.7 Å². The number of benzene rings is 3. The molecule has 1 heterocycles. The summed E-state index contributed by atoms with van der Waals surface area (Å²) < 4.78 is 17.7. The Labute approximate surface area is 232 Å². The number of fused-ring (bicyclic) bond motifs is 2. The molecule has 0 aromatic heterocycles. The van der Waals surface area contributed by atoms with Crippen LogP contribution in [0, 0.1) is 0 Å². The second kappa shape index (κ2) is 16.7. The second-order valence-electron chi connectivity index (χ2n) is 9.53. The molecule has 1 aliphatic rings. The highest BCUT2D eigenvalue weighted by Crippen LogP contribution is 2.19. The zero-order chi connectivity index (χ0) is 27.0. The molecule has 0 saturated heterocycles. The molecule has 0 amide bonds. The highest BCUT2D eigenvalue weighted by Gasteiger charge is 2.09. The van der Waals surface area contributed by atoms with Gasteiger partial charge in [0.2, 0.25) is 0 Å². The molecule has 0 unspecified atom stereocenters. The number of hydrogen-bond donors (Lipinski definition) is 4. The van der Waals surface area contributed by atoms with Gasteiger partial charge in [0.1, 0.15) is 30.5 Å². The zero-order valence-electron chi connectivity index (χ0n) is 22.7. The SMILES string of the molecule is Oc1ccccc1CNCCN1CCNCc2ccccc2OCCOCCOc2ccccc2CNCC1. The van der Waals surface area contributed by atoms with Gasteiger partial charge in [-0.25, -0.2) is 0 Å². The number of para-hydroxylation sites is 3. The molecule has 4 rings (SSSR count). The molecule has 39 heavy (non-hydrogen) atoms. The standard InChI is InChI=1S/C31H42N4O4/c36-29-10-4-1-7-26(29)23-32-13-16-35-17-14-33-24-27-8-2-5-11-30(27)38-21-19-37-20-22-39-31-12-6-3-9-28(31)25-34-15-18-35/h1-12,32-34,36H,13-25H2. The highest BCUT2D eigenvalue weighted by atomic mass is 16.5. The molecule has 4 N–H and O–H groups in total. The molecular formula is C31H42N4O4. The lowest BCUT2D eigenvalue weighted by Crippen LogP contribution is -2.40. The topological polar surface area (TPSA) is 87.3 Å². The molecule has 0 fully saturated rings. The first-order chi connectivity index (χ1) is 19.3. The summed E-state index contributed by atoms with van der Waals surface area (Å²) >= 11 is 0. The molecule has 1 aliphatic heterocycles. The van der Waals surface area contributed by atoms with Crippen molar-refractivity contribution >= 4 is 0 Å². The van der Waals surface area contributed by atoms with Crippen molar-refractivity contribution < 1.29 is 19.3 Å². The average molecular weight is 535 g/mol. The van der Waals surface area contributed by atoms with Gasteiger partial charge in [-0.1, -0.05) is 54.6 Å². The fourth-order valence-electron chi connectivity index (χ4n) is 4.48. The van der Waals surface area contributed by atoms with Crippen molar-refractivity contribution in [1.29, 1.82) is 0 Å². The van der Waals surface area contributed by atoms with Gasteiger partial charge in [-0.05, 0) is 18.2 Å². The first kappa shape index (κ1) is 28.9. The normalized spacial score (nSPS) is 16.7. The van der Waals surface area contributed by atoms with Crippen LogP contribution in [0.5, 0.6) is 17.2 Å². The van der Waals surface area contributed by atoms with E-state index in [2.05, 4.69) is 33.0 Å². The fraction of sp³-hybridized carbons (Fsp3) is 0.419. The Morgan fingerprint density at radius 1 is 0.718 bits per heavy atom. The van der Waals surface area contributed by atoms with Gasteiger partial charge in [0.05, 0.1) is 13.2 Å². The Morgan fingerprint density at radius 3 is 1.90 bits per heavy atom. The number of aromatic hydroxyl groups is 1. The molecule has 0 spiro atoms. The van der Waals surface area contributed by atoms with E-state index in [9.17, 15) is 5.11 Å². The Morgan fingerprint density at radius 2 is 1.28 bits per heavy atom. The van der Waals surface area contributed by atoms with E-state index in [4.69, 9.17) is 14.2 Å². The zero-order valence-corrected chi connectivity index (χ0v) is 22.7. The van der Waals surface area contributed by atoms with E-state index < -0.39 is 0 Å². The van der Waals surface area contributed by atoms with Gasteiger partial charge in [0.25, 0.3) is 0 Å². The van der Waals surface area contributed by atoms with Gasteiger partial charge < -0.3 is 35.3 Å². The summed E-state index contributed by atoms with van der Waals surface area (Å²) in [6.07, 6.45) is 0. The van der Waals surface area contributed by atoms with Crippen molar-refractivity contribution in [3.63, 3.8) is 0 Å². The first-order valence-electron chi connectivity index (χ1n) is 13.9. The minimum atomic E-state index is 0.335. The van der Waals surface area contributed by atoms with Crippen molar-refractivity contribution in [1.82, 2.24) is 20.9 Å². The Hall–Kier alpha value is -3.14. The molecule has 0 atom stereocenters. The number of phenols is 1. The van der Waals surface area contributed by atoms with Crippen molar-refractivity contribution in [2.45, 2.75) is 19.6 Å². The lowest BCUT2D eigenvalue weighted by Gasteiger charge is -2.23. The molecule has 0 radical (unpaired) electrons. The molecule has 0 saturated carbocycles. The van der Waals surface area contributed by atoms with E-state index in [0.29, 0.717) is 38.7 Å². The molecule has 210 valence electrons. The molecule has 0 aliphatic carbocycles. The van der Waals surface area contributed by atoms with Crippen LogP contribution in [0.1, 0.15) is 16.7 Å². The lowest BCUT2D eigenvalue weighted by molar-refractivity contribution is 0.0759. The predicted octanol–water partition coefficient (Wildman–Crippen LogP) is 3.15. The lowest BCUT2D eigenvalue weighted by atomic mass is 10.2. The summed E-state index contributed by atoms with van der Waals surface area (Å²) in [6, 6.07) is 23.8. The van der Waals surface area contributed by atoms with Crippen LogP contribution in [-0.2, 0) is 24.4 Å². The van der Waals surface area contributed by atoms with E-state index in [1.54, 1.807) is 6.07 Å². The van der Waals surface area contributed by atoms with Crippen molar-refractivity contribution in [3.8, 4) is 17.2 Å².